The smallest absolute Gasteiger partial charge is 0.0781 e. The minimum absolute atomic E-state index is 0.0643. The molecular weight excluding hydrogens is 190 g/mol. The van der Waals surface area contributed by atoms with E-state index in [9.17, 15) is 0 Å². The van der Waals surface area contributed by atoms with Crippen LogP contribution < -0.4 is 5.73 Å². The third-order valence-electron chi connectivity index (χ3n) is 2.19. The average molecular weight is 209 g/mol. The predicted molar refractivity (Wildman–Crippen MR) is 60.7 cm³/mol. The average Bonchev–Trinajstić information content (AvgIpc) is 2.27. The van der Waals surface area contributed by atoms with Gasteiger partial charge in [-0.15, -0.1) is 0 Å². The van der Waals surface area contributed by atoms with Crippen LogP contribution in [0.1, 0.15) is 18.5 Å². The molecule has 15 heavy (non-hydrogen) atoms. The summed E-state index contributed by atoms with van der Waals surface area (Å²) in [5, 5.41) is 0. The van der Waals surface area contributed by atoms with Gasteiger partial charge in [0.15, 0.2) is 0 Å². The van der Waals surface area contributed by atoms with Gasteiger partial charge in [0.1, 0.15) is 0 Å². The number of ether oxygens (including phenoxy) is 2. The first kappa shape index (κ1) is 12.2. The predicted octanol–water partition coefficient (Wildman–Crippen LogP) is 1.74. The fraction of sp³-hybridized carbons (Fsp3) is 0.500. The third kappa shape index (κ3) is 4.42. The Bertz CT molecular complexity index is 264. The number of hydrogen-bond acceptors (Lipinski definition) is 3. The molecule has 0 aromatic heterocycles. The molecule has 3 nitrogen and oxygen atoms in total. The Labute approximate surface area is 91.2 Å². The largest absolute Gasteiger partial charge is 0.382 e. The maximum Gasteiger partial charge on any atom is 0.0781 e. The minimum Gasteiger partial charge on any atom is -0.382 e. The molecule has 0 aliphatic rings. The molecule has 0 aliphatic carbocycles. The molecule has 84 valence electrons. The van der Waals surface area contributed by atoms with Gasteiger partial charge in [0.05, 0.1) is 25.4 Å². The van der Waals surface area contributed by atoms with Crippen molar-refractivity contribution in [1.29, 1.82) is 0 Å². The minimum atomic E-state index is -0.0643. The SMILES string of the molecule is COCC(C)OCC(N)c1ccccc1. The summed E-state index contributed by atoms with van der Waals surface area (Å²) in [6.45, 7) is 3.09. The summed E-state index contributed by atoms with van der Waals surface area (Å²) in [4.78, 5) is 0. The molecule has 1 aromatic carbocycles. The third-order valence-corrected chi connectivity index (χ3v) is 2.19. The van der Waals surface area contributed by atoms with Crippen LogP contribution in [0, 0.1) is 0 Å². The van der Waals surface area contributed by atoms with Crippen molar-refractivity contribution in [3.8, 4) is 0 Å². The van der Waals surface area contributed by atoms with Crippen LogP contribution in [-0.4, -0.2) is 26.4 Å². The zero-order chi connectivity index (χ0) is 11.1. The summed E-state index contributed by atoms with van der Waals surface area (Å²) in [6, 6.07) is 9.89. The van der Waals surface area contributed by atoms with Gasteiger partial charge in [-0.3, -0.25) is 0 Å². The van der Waals surface area contributed by atoms with E-state index in [0.717, 1.165) is 5.56 Å². The van der Waals surface area contributed by atoms with Gasteiger partial charge in [-0.05, 0) is 12.5 Å². The summed E-state index contributed by atoms with van der Waals surface area (Å²) in [5.74, 6) is 0. The molecule has 0 fully saturated rings. The van der Waals surface area contributed by atoms with E-state index in [1.165, 1.54) is 0 Å². The monoisotopic (exact) mass is 209 g/mol. The van der Waals surface area contributed by atoms with Crippen molar-refractivity contribution in [2.75, 3.05) is 20.3 Å². The lowest BCUT2D eigenvalue weighted by atomic mass is 10.1. The molecule has 0 aliphatic heterocycles. The van der Waals surface area contributed by atoms with Crippen LogP contribution in [-0.2, 0) is 9.47 Å². The van der Waals surface area contributed by atoms with Crippen molar-refractivity contribution in [3.05, 3.63) is 35.9 Å². The molecule has 0 heterocycles. The van der Waals surface area contributed by atoms with Gasteiger partial charge in [-0.1, -0.05) is 30.3 Å². The molecule has 1 aromatic rings. The lowest BCUT2D eigenvalue weighted by Crippen LogP contribution is -2.23. The Hall–Kier alpha value is -0.900. The number of rotatable bonds is 6. The van der Waals surface area contributed by atoms with E-state index in [1.807, 2.05) is 37.3 Å². The first-order valence-electron chi connectivity index (χ1n) is 5.15. The summed E-state index contributed by atoms with van der Waals surface area (Å²) in [7, 11) is 1.66. The Balaban J connectivity index is 2.33. The van der Waals surface area contributed by atoms with E-state index in [-0.39, 0.29) is 12.1 Å². The fourth-order valence-corrected chi connectivity index (χ4v) is 1.35. The molecule has 1 rings (SSSR count). The molecule has 0 saturated carbocycles. The van der Waals surface area contributed by atoms with Gasteiger partial charge in [0.2, 0.25) is 0 Å². The van der Waals surface area contributed by atoms with Gasteiger partial charge >= 0.3 is 0 Å². The zero-order valence-electron chi connectivity index (χ0n) is 9.35. The molecule has 2 N–H and O–H groups in total. The van der Waals surface area contributed by atoms with Gasteiger partial charge in [-0.2, -0.15) is 0 Å². The molecule has 0 bridgehead atoms. The molecule has 2 unspecified atom stereocenters. The quantitative estimate of drug-likeness (QED) is 0.776. The molecule has 0 spiro atoms. The van der Waals surface area contributed by atoms with Gasteiger partial charge < -0.3 is 15.2 Å². The van der Waals surface area contributed by atoms with E-state index < -0.39 is 0 Å². The Morgan fingerprint density at radius 3 is 2.47 bits per heavy atom. The highest BCUT2D eigenvalue weighted by Gasteiger charge is 2.08. The second-order valence-electron chi connectivity index (χ2n) is 3.62. The van der Waals surface area contributed by atoms with Crippen LogP contribution in [0.4, 0.5) is 0 Å². The van der Waals surface area contributed by atoms with Gasteiger partial charge in [-0.25, -0.2) is 0 Å². The normalized spacial score (nSPS) is 14.9. The highest BCUT2D eigenvalue weighted by atomic mass is 16.5. The van der Waals surface area contributed by atoms with E-state index in [2.05, 4.69) is 0 Å². The fourth-order valence-electron chi connectivity index (χ4n) is 1.35. The van der Waals surface area contributed by atoms with Crippen molar-refractivity contribution in [1.82, 2.24) is 0 Å². The van der Waals surface area contributed by atoms with Crippen LogP contribution in [0.15, 0.2) is 30.3 Å². The van der Waals surface area contributed by atoms with Crippen molar-refractivity contribution in [3.63, 3.8) is 0 Å². The summed E-state index contributed by atoms with van der Waals surface area (Å²) < 4.78 is 10.5. The molecule has 2 atom stereocenters. The number of hydrogen-bond donors (Lipinski definition) is 1. The highest BCUT2D eigenvalue weighted by Crippen LogP contribution is 2.10. The zero-order valence-corrected chi connectivity index (χ0v) is 9.35. The van der Waals surface area contributed by atoms with Crippen molar-refractivity contribution < 1.29 is 9.47 Å². The highest BCUT2D eigenvalue weighted by molar-refractivity contribution is 5.18. The van der Waals surface area contributed by atoms with Crippen molar-refractivity contribution in [2.24, 2.45) is 5.73 Å². The Morgan fingerprint density at radius 2 is 1.87 bits per heavy atom. The molecular formula is C12H19NO2. The number of methoxy groups -OCH3 is 1. The van der Waals surface area contributed by atoms with Crippen molar-refractivity contribution in [2.45, 2.75) is 19.1 Å². The van der Waals surface area contributed by atoms with Crippen molar-refractivity contribution >= 4 is 0 Å². The first-order valence-corrected chi connectivity index (χ1v) is 5.15. The van der Waals surface area contributed by atoms with Crippen LogP contribution in [0.2, 0.25) is 0 Å². The maximum absolute atomic E-state index is 5.97. The van der Waals surface area contributed by atoms with Gasteiger partial charge in [0, 0.05) is 7.11 Å². The van der Waals surface area contributed by atoms with Crippen LogP contribution in [0.5, 0.6) is 0 Å². The Morgan fingerprint density at radius 1 is 1.20 bits per heavy atom. The summed E-state index contributed by atoms with van der Waals surface area (Å²) in [5.41, 5.74) is 7.07. The van der Waals surface area contributed by atoms with E-state index >= 15 is 0 Å². The number of benzene rings is 1. The Kier molecular flexibility index (Phi) is 5.32. The lowest BCUT2D eigenvalue weighted by Gasteiger charge is -2.16. The molecule has 0 saturated heterocycles. The maximum atomic E-state index is 5.97. The van der Waals surface area contributed by atoms with E-state index in [1.54, 1.807) is 7.11 Å². The van der Waals surface area contributed by atoms with E-state index in [4.69, 9.17) is 15.2 Å². The van der Waals surface area contributed by atoms with Crippen LogP contribution >= 0.6 is 0 Å². The number of nitrogens with two attached hydrogens (primary N) is 1. The second-order valence-corrected chi connectivity index (χ2v) is 3.62. The lowest BCUT2D eigenvalue weighted by molar-refractivity contribution is 0.00329. The molecule has 3 heteroatoms. The summed E-state index contributed by atoms with van der Waals surface area (Å²) in [6.07, 6.45) is 0.0877. The first-order chi connectivity index (χ1) is 7.24. The topological polar surface area (TPSA) is 44.5 Å². The second kappa shape index (κ2) is 6.56. The van der Waals surface area contributed by atoms with E-state index in [0.29, 0.717) is 13.2 Å². The summed E-state index contributed by atoms with van der Waals surface area (Å²) >= 11 is 0. The molecule has 0 amide bonds. The molecule has 0 radical (unpaired) electrons. The standard InChI is InChI=1S/C12H19NO2/c1-10(8-14-2)15-9-12(13)11-6-4-3-5-7-11/h3-7,10,12H,8-9,13H2,1-2H3. The van der Waals surface area contributed by atoms with Gasteiger partial charge in [0.25, 0.3) is 0 Å². The van der Waals surface area contributed by atoms with Crippen LogP contribution in [0.25, 0.3) is 0 Å². The van der Waals surface area contributed by atoms with Crippen LogP contribution in [0.3, 0.4) is 0 Å².